The fourth-order valence-electron chi connectivity index (χ4n) is 6.51. The topological polar surface area (TPSA) is 26.3 Å². The van der Waals surface area contributed by atoms with E-state index >= 15 is 0 Å². The second-order valence-corrected chi connectivity index (χ2v) is 10.3. The van der Waals surface area contributed by atoms with Gasteiger partial charge in [-0.25, -0.2) is 0 Å². The Hall–Kier alpha value is -0.530. The minimum atomic E-state index is -0.355. The molecule has 4 aliphatic carbocycles. The Morgan fingerprint density at radius 2 is 1.56 bits per heavy atom. The molecular weight excluding hydrogens is 308 g/mol. The highest BCUT2D eigenvalue weighted by molar-refractivity contribution is 5.77. The van der Waals surface area contributed by atoms with Crippen LogP contribution in [0.15, 0.2) is 0 Å². The quantitative estimate of drug-likeness (QED) is 0.509. The molecule has 25 heavy (non-hydrogen) atoms. The second kappa shape index (κ2) is 6.89. The van der Waals surface area contributed by atoms with Gasteiger partial charge in [0, 0.05) is 0 Å². The van der Waals surface area contributed by atoms with Gasteiger partial charge in [0.25, 0.3) is 0 Å². The van der Waals surface area contributed by atoms with E-state index in [4.69, 9.17) is 4.74 Å². The molecule has 0 aliphatic heterocycles. The van der Waals surface area contributed by atoms with E-state index in [1.807, 2.05) is 0 Å². The summed E-state index contributed by atoms with van der Waals surface area (Å²) in [6, 6.07) is 0. The number of esters is 1. The van der Waals surface area contributed by atoms with Crippen molar-refractivity contribution < 1.29 is 9.53 Å². The Balaban J connectivity index is 1.82. The first-order chi connectivity index (χ1) is 11.7. The van der Waals surface area contributed by atoms with Crippen molar-refractivity contribution >= 4 is 5.97 Å². The van der Waals surface area contributed by atoms with Gasteiger partial charge >= 0.3 is 5.97 Å². The summed E-state index contributed by atoms with van der Waals surface area (Å²) in [4.78, 5) is 13.5. The lowest BCUT2D eigenvalue weighted by Gasteiger charge is -2.60. The van der Waals surface area contributed by atoms with Gasteiger partial charge in [-0.15, -0.1) is 0 Å². The molecule has 0 saturated heterocycles. The minimum absolute atomic E-state index is 0.0946. The predicted octanol–water partition coefficient (Wildman–Crippen LogP) is 6.23. The van der Waals surface area contributed by atoms with Gasteiger partial charge in [-0.2, -0.15) is 0 Å². The van der Waals surface area contributed by atoms with Crippen molar-refractivity contribution in [3.63, 3.8) is 0 Å². The van der Waals surface area contributed by atoms with Crippen LogP contribution in [0.1, 0.15) is 92.9 Å². The summed E-state index contributed by atoms with van der Waals surface area (Å²) in [5.74, 6) is 4.05. The van der Waals surface area contributed by atoms with Crippen LogP contribution in [0.25, 0.3) is 0 Å². The van der Waals surface area contributed by atoms with Crippen LogP contribution in [-0.2, 0) is 9.53 Å². The van der Waals surface area contributed by atoms with E-state index in [0.29, 0.717) is 23.7 Å². The van der Waals surface area contributed by atoms with Crippen LogP contribution < -0.4 is 0 Å². The van der Waals surface area contributed by atoms with Gasteiger partial charge < -0.3 is 4.74 Å². The van der Waals surface area contributed by atoms with Crippen LogP contribution in [0, 0.1) is 40.9 Å². The molecule has 0 radical (unpaired) electrons. The lowest BCUT2D eigenvalue weighted by Crippen LogP contribution is -2.60. The molecule has 4 bridgehead atoms. The van der Waals surface area contributed by atoms with Crippen LogP contribution in [0.3, 0.4) is 0 Å². The maximum atomic E-state index is 13.5. The zero-order valence-electron chi connectivity index (χ0n) is 17.4. The van der Waals surface area contributed by atoms with E-state index in [2.05, 4.69) is 41.5 Å². The third-order valence-electron chi connectivity index (χ3n) is 8.57. The van der Waals surface area contributed by atoms with Gasteiger partial charge in [0.15, 0.2) is 0 Å². The molecule has 0 N–H and O–H groups in total. The highest BCUT2D eigenvalue weighted by atomic mass is 16.6. The second-order valence-electron chi connectivity index (χ2n) is 10.3. The van der Waals surface area contributed by atoms with E-state index in [9.17, 15) is 4.79 Å². The minimum Gasteiger partial charge on any atom is -0.458 e. The van der Waals surface area contributed by atoms with E-state index < -0.39 is 0 Å². The van der Waals surface area contributed by atoms with E-state index in [-0.39, 0.29) is 17.0 Å². The van der Waals surface area contributed by atoms with E-state index in [1.165, 1.54) is 32.1 Å². The molecule has 0 aromatic heterocycles. The first-order valence-electron chi connectivity index (χ1n) is 11.0. The molecule has 2 unspecified atom stereocenters. The van der Waals surface area contributed by atoms with Gasteiger partial charge in [0.05, 0.1) is 5.41 Å². The van der Waals surface area contributed by atoms with E-state index in [1.54, 1.807) is 0 Å². The first-order valence-corrected chi connectivity index (χ1v) is 11.0. The summed E-state index contributed by atoms with van der Waals surface area (Å²) in [6.45, 7) is 13.3. The largest absolute Gasteiger partial charge is 0.458 e. The van der Waals surface area contributed by atoms with Crippen LogP contribution >= 0.6 is 0 Å². The van der Waals surface area contributed by atoms with Crippen molar-refractivity contribution in [2.45, 2.75) is 98.5 Å². The third-order valence-corrected chi connectivity index (χ3v) is 8.57. The van der Waals surface area contributed by atoms with Crippen molar-refractivity contribution in [1.82, 2.24) is 0 Å². The standard InChI is InChI=1S/C23H40O2/c1-7-16(5)14-22(6,15(3)4)21(24)25-23(8-2)19-10-17-9-18(12-19)13-20(23)11-17/h15-20H,7-14H2,1-6H3. The average molecular weight is 349 g/mol. The summed E-state index contributed by atoms with van der Waals surface area (Å²) in [5, 5.41) is 0. The highest BCUT2D eigenvalue weighted by Crippen LogP contribution is 2.61. The number of ether oxygens (including phenoxy) is 1. The van der Waals surface area contributed by atoms with Crippen molar-refractivity contribution in [2.24, 2.45) is 40.9 Å². The zero-order valence-corrected chi connectivity index (χ0v) is 17.4. The average Bonchev–Trinajstić information content (AvgIpc) is 2.56. The maximum Gasteiger partial charge on any atom is 0.312 e. The zero-order chi connectivity index (χ0) is 18.4. The highest BCUT2D eigenvalue weighted by Gasteiger charge is 2.59. The van der Waals surface area contributed by atoms with Gasteiger partial charge in [-0.05, 0) is 87.4 Å². The number of hydrogen-bond acceptors (Lipinski definition) is 2. The third kappa shape index (κ3) is 3.16. The molecule has 4 saturated carbocycles. The summed E-state index contributed by atoms with van der Waals surface area (Å²) >= 11 is 0. The molecule has 144 valence electrons. The molecule has 0 amide bonds. The lowest BCUT2D eigenvalue weighted by atomic mass is 9.49. The molecule has 2 nitrogen and oxygen atoms in total. The first kappa shape index (κ1) is 19.2. The molecule has 0 spiro atoms. The molecule has 4 fully saturated rings. The number of carbonyl (C=O) groups excluding carboxylic acids is 1. The Morgan fingerprint density at radius 3 is 1.96 bits per heavy atom. The van der Waals surface area contributed by atoms with Crippen LogP contribution in [0.5, 0.6) is 0 Å². The fourth-order valence-corrected chi connectivity index (χ4v) is 6.51. The molecule has 4 rings (SSSR count). The van der Waals surface area contributed by atoms with Gasteiger partial charge in [-0.1, -0.05) is 41.0 Å². The van der Waals surface area contributed by atoms with Crippen LogP contribution in [-0.4, -0.2) is 11.6 Å². The molecular formula is C23H40O2. The monoisotopic (exact) mass is 348 g/mol. The van der Waals surface area contributed by atoms with Crippen LogP contribution in [0.4, 0.5) is 0 Å². The SMILES string of the molecule is CCC(C)CC(C)(C(=O)OC1(CC)C2CC3CC(C2)CC1C3)C(C)C. The van der Waals surface area contributed by atoms with Crippen molar-refractivity contribution in [2.75, 3.05) is 0 Å². The van der Waals surface area contributed by atoms with Gasteiger partial charge in [0.1, 0.15) is 5.60 Å². The Morgan fingerprint density at radius 1 is 1.04 bits per heavy atom. The number of hydrogen-bond donors (Lipinski definition) is 0. The molecule has 4 aliphatic rings. The Labute approximate surface area is 155 Å². The van der Waals surface area contributed by atoms with E-state index in [0.717, 1.165) is 31.1 Å². The summed E-state index contributed by atoms with van der Waals surface area (Å²) < 4.78 is 6.60. The normalized spacial score (nSPS) is 40.1. The number of rotatable bonds is 7. The van der Waals surface area contributed by atoms with Crippen molar-refractivity contribution in [1.29, 1.82) is 0 Å². The fraction of sp³-hybridized carbons (Fsp3) is 0.957. The molecule has 0 aromatic rings. The Bertz CT molecular complexity index is 466. The lowest BCUT2D eigenvalue weighted by molar-refractivity contribution is -0.221. The molecule has 0 heterocycles. The van der Waals surface area contributed by atoms with Gasteiger partial charge in [0.2, 0.25) is 0 Å². The summed E-state index contributed by atoms with van der Waals surface area (Å²) in [6.07, 6.45) is 9.73. The molecule has 2 heteroatoms. The Kier molecular flexibility index (Phi) is 5.30. The smallest absolute Gasteiger partial charge is 0.312 e. The van der Waals surface area contributed by atoms with Gasteiger partial charge in [-0.3, -0.25) is 4.79 Å². The summed E-state index contributed by atoms with van der Waals surface area (Å²) in [7, 11) is 0. The summed E-state index contributed by atoms with van der Waals surface area (Å²) in [5.41, 5.74) is -0.512. The van der Waals surface area contributed by atoms with Crippen LogP contribution in [0.2, 0.25) is 0 Å². The number of carbonyl (C=O) groups is 1. The maximum absolute atomic E-state index is 13.5. The molecule has 2 atom stereocenters. The van der Waals surface area contributed by atoms with Crippen molar-refractivity contribution in [3.05, 3.63) is 0 Å². The predicted molar refractivity (Wildman–Crippen MR) is 103 cm³/mol. The van der Waals surface area contributed by atoms with Crippen molar-refractivity contribution in [3.8, 4) is 0 Å². The molecule has 0 aromatic carbocycles.